The van der Waals surface area contributed by atoms with Crippen molar-refractivity contribution in [1.82, 2.24) is 4.72 Å². The lowest BCUT2D eigenvalue weighted by atomic mass is 10.2. The van der Waals surface area contributed by atoms with E-state index in [2.05, 4.69) is 10.0 Å². The highest BCUT2D eigenvalue weighted by atomic mass is 32.2. The summed E-state index contributed by atoms with van der Waals surface area (Å²) >= 11 is 0. The van der Waals surface area contributed by atoms with Crippen LogP contribution in [0, 0.1) is 6.92 Å². The Bertz CT molecular complexity index is 1050. The molecule has 0 fully saturated rings. The van der Waals surface area contributed by atoms with Crippen LogP contribution in [0.1, 0.15) is 12.0 Å². The van der Waals surface area contributed by atoms with Gasteiger partial charge < -0.3 is 10.1 Å². The number of anilines is 1. The normalized spacial score (nSPS) is 11.1. The molecule has 0 aliphatic rings. The molecule has 0 atom stereocenters. The zero-order valence-corrected chi connectivity index (χ0v) is 16.8. The number of amides is 1. The van der Waals surface area contributed by atoms with Gasteiger partial charge in [0.15, 0.2) is 0 Å². The van der Waals surface area contributed by atoms with Crippen molar-refractivity contribution in [1.29, 1.82) is 0 Å². The van der Waals surface area contributed by atoms with Crippen LogP contribution in [0.4, 0.5) is 5.69 Å². The molecule has 29 heavy (non-hydrogen) atoms. The highest BCUT2D eigenvalue weighted by molar-refractivity contribution is 7.89. The van der Waals surface area contributed by atoms with E-state index in [0.29, 0.717) is 11.4 Å². The number of nitrogens with one attached hydrogen (secondary N) is 2. The van der Waals surface area contributed by atoms with E-state index in [4.69, 9.17) is 4.74 Å². The van der Waals surface area contributed by atoms with Crippen LogP contribution < -0.4 is 14.8 Å². The van der Waals surface area contributed by atoms with E-state index in [9.17, 15) is 13.2 Å². The van der Waals surface area contributed by atoms with E-state index >= 15 is 0 Å². The molecule has 0 aromatic heterocycles. The second kappa shape index (κ2) is 9.36. The number of benzene rings is 3. The summed E-state index contributed by atoms with van der Waals surface area (Å²) in [6.45, 7) is 1.89. The fourth-order valence-electron chi connectivity index (χ4n) is 2.55. The molecule has 2 N–H and O–H groups in total. The maximum absolute atomic E-state index is 12.2. The van der Waals surface area contributed by atoms with Crippen LogP contribution in [-0.4, -0.2) is 20.9 Å². The number of carbonyl (C=O) groups is 1. The van der Waals surface area contributed by atoms with Crippen LogP contribution in [-0.2, 0) is 14.8 Å². The second-order valence-electron chi connectivity index (χ2n) is 6.45. The average molecular weight is 410 g/mol. The van der Waals surface area contributed by atoms with Gasteiger partial charge >= 0.3 is 0 Å². The number of para-hydroxylation sites is 1. The lowest BCUT2D eigenvalue weighted by Gasteiger charge is -2.09. The molecular weight excluding hydrogens is 388 g/mol. The Morgan fingerprint density at radius 1 is 0.862 bits per heavy atom. The Labute approximate surface area is 170 Å². The van der Waals surface area contributed by atoms with Crippen LogP contribution in [0.15, 0.2) is 83.8 Å². The average Bonchev–Trinajstić information content (AvgIpc) is 2.70. The van der Waals surface area contributed by atoms with Gasteiger partial charge in [0.1, 0.15) is 11.5 Å². The van der Waals surface area contributed by atoms with Crippen LogP contribution in [0.2, 0.25) is 0 Å². The first-order valence-electron chi connectivity index (χ1n) is 9.11. The monoisotopic (exact) mass is 410 g/mol. The Morgan fingerprint density at radius 2 is 1.48 bits per heavy atom. The minimum Gasteiger partial charge on any atom is -0.457 e. The van der Waals surface area contributed by atoms with Crippen molar-refractivity contribution in [3.8, 4) is 11.5 Å². The molecule has 1 amide bonds. The molecule has 6 nitrogen and oxygen atoms in total. The SMILES string of the molecule is Cc1ccc(S(=O)(=O)NCCC(=O)Nc2ccc(Oc3ccccc3)cc2)cc1. The molecule has 0 spiro atoms. The van der Waals surface area contributed by atoms with E-state index in [-0.39, 0.29) is 23.8 Å². The number of hydrogen-bond acceptors (Lipinski definition) is 4. The lowest BCUT2D eigenvalue weighted by Crippen LogP contribution is -2.27. The third kappa shape index (κ3) is 6.17. The van der Waals surface area contributed by atoms with Crippen molar-refractivity contribution in [2.75, 3.05) is 11.9 Å². The van der Waals surface area contributed by atoms with E-state index < -0.39 is 10.0 Å². The lowest BCUT2D eigenvalue weighted by molar-refractivity contribution is -0.116. The molecule has 3 aromatic rings. The highest BCUT2D eigenvalue weighted by Crippen LogP contribution is 2.22. The molecule has 0 heterocycles. The fraction of sp³-hybridized carbons (Fsp3) is 0.136. The van der Waals surface area contributed by atoms with Crippen molar-refractivity contribution in [3.05, 3.63) is 84.4 Å². The van der Waals surface area contributed by atoms with Crippen molar-refractivity contribution in [2.45, 2.75) is 18.2 Å². The number of ether oxygens (including phenoxy) is 1. The third-order valence-corrected chi connectivity index (χ3v) is 5.57. The van der Waals surface area contributed by atoms with Crippen LogP contribution in [0.25, 0.3) is 0 Å². The van der Waals surface area contributed by atoms with Crippen LogP contribution >= 0.6 is 0 Å². The largest absolute Gasteiger partial charge is 0.457 e. The number of sulfonamides is 1. The van der Waals surface area contributed by atoms with Gasteiger partial charge in [0.05, 0.1) is 4.90 Å². The van der Waals surface area contributed by atoms with Gasteiger partial charge in [-0.15, -0.1) is 0 Å². The molecule has 7 heteroatoms. The molecule has 0 bridgehead atoms. The maximum atomic E-state index is 12.2. The van der Waals surface area contributed by atoms with Gasteiger partial charge in [-0.3, -0.25) is 4.79 Å². The molecule has 150 valence electrons. The quantitative estimate of drug-likeness (QED) is 0.586. The second-order valence-corrected chi connectivity index (χ2v) is 8.22. The molecule has 0 aliphatic carbocycles. The fourth-order valence-corrected chi connectivity index (χ4v) is 3.59. The number of carbonyl (C=O) groups excluding carboxylic acids is 1. The van der Waals surface area contributed by atoms with Gasteiger partial charge in [-0.2, -0.15) is 0 Å². The van der Waals surface area contributed by atoms with Gasteiger partial charge in [-0.1, -0.05) is 35.9 Å². The van der Waals surface area contributed by atoms with E-state index in [1.165, 1.54) is 12.1 Å². The predicted molar refractivity (Wildman–Crippen MR) is 113 cm³/mol. The summed E-state index contributed by atoms with van der Waals surface area (Å²) < 4.78 is 32.6. The molecular formula is C22H22N2O4S. The molecule has 0 unspecified atom stereocenters. The third-order valence-electron chi connectivity index (χ3n) is 4.09. The van der Waals surface area contributed by atoms with Crippen molar-refractivity contribution < 1.29 is 17.9 Å². The molecule has 0 aliphatic heterocycles. The first-order chi connectivity index (χ1) is 13.9. The minimum absolute atomic E-state index is 0.0112. The molecule has 0 saturated carbocycles. The molecule has 3 rings (SSSR count). The summed E-state index contributed by atoms with van der Waals surface area (Å²) in [6, 6.07) is 22.9. The predicted octanol–water partition coefficient (Wildman–Crippen LogP) is 4.09. The van der Waals surface area contributed by atoms with E-state index in [0.717, 1.165) is 11.3 Å². The van der Waals surface area contributed by atoms with Crippen molar-refractivity contribution >= 4 is 21.6 Å². The Balaban J connectivity index is 1.47. The summed E-state index contributed by atoms with van der Waals surface area (Å²) in [5, 5.41) is 2.74. The molecule has 0 radical (unpaired) electrons. The maximum Gasteiger partial charge on any atom is 0.240 e. The zero-order chi connectivity index (χ0) is 20.7. The van der Waals surface area contributed by atoms with Crippen LogP contribution in [0.3, 0.4) is 0 Å². The summed E-state index contributed by atoms with van der Waals surface area (Å²) in [7, 11) is -3.63. The number of aryl methyl sites for hydroxylation is 1. The van der Waals surface area contributed by atoms with E-state index in [1.807, 2.05) is 37.3 Å². The summed E-state index contributed by atoms with van der Waals surface area (Å²) in [5.74, 6) is 1.10. The number of rotatable bonds is 8. The Kier molecular flexibility index (Phi) is 6.64. The summed E-state index contributed by atoms with van der Waals surface area (Å²) in [6.07, 6.45) is 0.0212. The van der Waals surface area contributed by atoms with Gasteiger partial charge in [-0.25, -0.2) is 13.1 Å². The Hall–Kier alpha value is -3.16. The smallest absolute Gasteiger partial charge is 0.240 e. The van der Waals surface area contributed by atoms with Gasteiger partial charge in [0, 0.05) is 18.7 Å². The summed E-state index contributed by atoms with van der Waals surface area (Å²) in [5.41, 5.74) is 1.58. The van der Waals surface area contributed by atoms with Gasteiger partial charge in [0.25, 0.3) is 0 Å². The Morgan fingerprint density at radius 3 is 2.14 bits per heavy atom. The topological polar surface area (TPSA) is 84.5 Å². The highest BCUT2D eigenvalue weighted by Gasteiger charge is 2.13. The standard InChI is InChI=1S/C22H22N2O4S/c1-17-7-13-21(14-8-17)29(26,27)23-16-15-22(25)24-18-9-11-20(12-10-18)28-19-5-3-2-4-6-19/h2-14,23H,15-16H2,1H3,(H,24,25). The van der Waals surface area contributed by atoms with Gasteiger partial charge in [-0.05, 0) is 55.5 Å². The van der Waals surface area contributed by atoms with Gasteiger partial charge in [0.2, 0.25) is 15.9 Å². The van der Waals surface area contributed by atoms with Crippen LogP contribution in [0.5, 0.6) is 11.5 Å². The first kappa shape index (κ1) is 20.6. The number of hydrogen-bond donors (Lipinski definition) is 2. The first-order valence-corrected chi connectivity index (χ1v) is 10.6. The van der Waals surface area contributed by atoms with Crippen molar-refractivity contribution in [2.24, 2.45) is 0 Å². The molecule has 3 aromatic carbocycles. The molecule has 0 saturated heterocycles. The minimum atomic E-state index is -3.63. The summed E-state index contributed by atoms with van der Waals surface area (Å²) in [4.78, 5) is 12.3. The van der Waals surface area contributed by atoms with E-state index in [1.54, 1.807) is 36.4 Å². The van der Waals surface area contributed by atoms with Crippen molar-refractivity contribution in [3.63, 3.8) is 0 Å². The zero-order valence-electron chi connectivity index (χ0n) is 16.0.